The molecule has 1 fully saturated rings. The van der Waals surface area contributed by atoms with E-state index in [1.54, 1.807) is 25.1 Å². The van der Waals surface area contributed by atoms with E-state index in [4.69, 9.17) is 9.47 Å². The van der Waals surface area contributed by atoms with Gasteiger partial charge in [-0.05, 0) is 49.1 Å². The van der Waals surface area contributed by atoms with Gasteiger partial charge in [-0.3, -0.25) is 9.59 Å². The molecule has 0 bridgehead atoms. The molecule has 2 amide bonds. The van der Waals surface area contributed by atoms with Crippen LogP contribution >= 0.6 is 0 Å². The molecule has 1 aliphatic rings. The van der Waals surface area contributed by atoms with Crippen LogP contribution < -0.4 is 20.1 Å². The van der Waals surface area contributed by atoms with Crippen molar-refractivity contribution < 1.29 is 19.1 Å². The Morgan fingerprint density at radius 1 is 1.12 bits per heavy atom. The zero-order valence-electron chi connectivity index (χ0n) is 19.5. The number of carbonyl (C=O) groups excluding carboxylic acids is 2. The standard InChI is InChI=1S/C26H30N4O4/c1-33-22-8-6-19(7-9-22)15-26(13-11-25(32)29-26)12-10-24(31)27-16-20-17-28-30(18-20)21-4-3-5-23(14-21)34-2/h3-9,14,17-18H,10-13,15-16H2,1-2H3,(H,27,31)(H,29,32)/t26-/m0/s1. The van der Waals surface area contributed by atoms with Crippen molar-refractivity contribution in [2.75, 3.05) is 14.2 Å². The molecule has 2 aromatic carbocycles. The van der Waals surface area contributed by atoms with Crippen LogP contribution in [0.25, 0.3) is 5.69 Å². The topological polar surface area (TPSA) is 94.5 Å². The molecular formula is C26H30N4O4. The third-order valence-electron chi connectivity index (χ3n) is 6.21. The number of nitrogens with one attached hydrogen (secondary N) is 2. The first-order chi connectivity index (χ1) is 16.5. The smallest absolute Gasteiger partial charge is 0.220 e. The lowest BCUT2D eigenvalue weighted by atomic mass is 9.85. The number of rotatable bonds is 10. The lowest BCUT2D eigenvalue weighted by Gasteiger charge is -2.29. The Hall–Kier alpha value is -3.81. The van der Waals surface area contributed by atoms with Gasteiger partial charge in [-0.2, -0.15) is 5.10 Å². The first kappa shape index (κ1) is 23.4. The molecule has 0 spiro atoms. The second-order valence-electron chi connectivity index (χ2n) is 8.62. The minimum Gasteiger partial charge on any atom is -0.497 e. The number of hydrogen-bond acceptors (Lipinski definition) is 5. The largest absolute Gasteiger partial charge is 0.497 e. The van der Waals surface area contributed by atoms with Crippen LogP contribution in [-0.2, 0) is 22.6 Å². The van der Waals surface area contributed by atoms with Crippen LogP contribution in [0.3, 0.4) is 0 Å². The van der Waals surface area contributed by atoms with Gasteiger partial charge in [0.1, 0.15) is 11.5 Å². The molecule has 1 aliphatic heterocycles. The Labute approximate surface area is 199 Å². The molecule has 0 saturated carbocycles. The third kappa shape index (κ3) is 5.75. The van der Waals surface area contributed by atoms with Crippen LogP contribution in [0.5, 0.6) is 11.5 Å². The summed E-state index contributed by atoms with van der Waals surface area (Å²) in [5.74, 6) is 1.54. The van der Waals surface area contributed by atoms with E-state index < -0.39 is 5.54 Å². The molecule has 1 atom stereocenters. The lowest BCUT2D eigenvalue weighted by Crippen LogP contribution is -2.44. The van der Waals surface area contributed by atoms with Crippen molar-refractivity contribution in [1.29, 1.82) is 0 Å². The Kier molecular flexibility index (Phi) is 7.15. The molecule has 4 rings (SSSR count). The van der Waals surface area contributed by atoms with Gasteiger partial charge in [-0.15, -0.1) is 0 Å². The summed E-state index contributed by atoms with van der Waals surface area (Å²) in [4.78, 5) is 24.6. The van der Waals surface area contributed by atoms with Crippen LogP contribution in [0.2, 0.25) is 0 Å². The molecule has 0 aliphatic carbocycles. The Bertz CT molecular complexity index is 1140. The molecule has 2 N–H and O–H groups in total. The zero-order chi connectivity index (χ0) is 24.0. The summed E-state index contributed by atoms with van der Waals surface area (Å²) in [6.45, 7) is 0.390. The van der Waals surface area contributed by atoms with E-state index in [0.717, 1.165) is 34.7 Å². The van der Waals surface area contributed by atoms with Gasteiger partial charge in [0.05, 0.1) is 26.1 Å². The van der Waals surface area contributed by atoms with E-state index >= 15 is 0 Å². The van der Waals surface area contributed by atoms with E-state index in [9.17, 15) is 9.59 Å². The van der Waals surface area contributed by atoms with Gasteiger partial charge in [0, 0.05) is 42.8 Å². The number of aromatic nitrogens is 2. The number of methoxy groups -OCH3 is 2. The summed E-state index contributed by atoms with van der Waals surface area (Å²) in [5.41, 5.74) is 2.49. The summed E-state index contributed by atoms with van der Waals surface area (Å²) in [5, 5.41) is 10.5. The second-order valence-corrected chi connectivity index (χ2v) is 8.62. The normalized spacial score (nSPS) is 17.3. The van der Waals surface area contributed by atoms with Gasteiger partial charge in [0.25, 0.3) is 0 Å². The van der Waals surface area contributed by atoms with Gasteiger partial charge in [-0.25, -0.2) is 4.68 Å². The van der Waals surface area contributed by atoms with E-state index in [0.29, 0.717) is 32.2 Å². The Morgan fingerprint density at radius 3 is 2.62 bits per heavy atom. The quantitative estimate of drug-likeness (QED) is 0.483. The zero-order valence-corrected chi connectivity index (χ0v) is 19.5. The monoisotopic (exact) mass is 462 g/mol. The molecule has 8 heteroatoms. The minimum absolute atomic E-state index is 0.0406. The predicted octanol–water partition coefficient (Wildman–Crippen LogP) is 3.18. The van der Waals surface area contributed by atoms with Gasteiger partial charge in [0.2, 0.25) is 11.8 Å². The first-order valence-electron chi connectivity index (χ1n) is 11.4. The number of amides is 2. The average Bonchev–Trinajstić information content (AvgIpc) is 3.49. The van der Waals surface area contributed by atoms with Crippen LogP contribution in [0, 0.1) is 0 Å². The number of carbonyl (C=O) groups is 2. The van der Waals surface area contributed by atoms with Crippen molar-refractivity contribution >= 4 is 11.8 Å². The van der Waals surface area contributed by atoms with Crippen molar-refractivity contribution in [3.63, 3.8) is 0 Å². The molecule has 0 radical (unpaired) electrons. The van der Waals surface area contributed by atoms with Gasteiger partial charge in [0.15, 0.2) is 0 Å². The van der Waals surface area contributed by atoms with Crippen molar-refractivity contribution in [1.82, 2.24) is 20.4 Å². The van der Waals surface area contributed by atoms with E-state index in [1.807, 2.05) is 54.7 Å². The Balaban J connectivity index is 1.32. The predicted molar refractivity (Wildman–Crippen MR) is 128 cm³/mol. The van der Waals surface area contributed by atoms with Crippen molar-refractivity contribution in [2.45, 2.75) is 44.2 Å². The fourth-order valence-corrected chi connectivity index (χ4v) is 4.30. The fourth-order valence-electron chi connectivity index (χ4n) is 4.30. The maximum absolute atomic E-state index is 12.6. The van der Waals surface area contributed by atoms with Gasteiger partial charge >= 0.3 is 0 Å². The maximum atomic E-state index is 12.6. The second kappa shape index (κ2) is 10.4. The highest BCUT2D eigenvalue weighted by atomic mass is 16.5. The molecule has 2 heterocycles. The van der Waals surface area contributed by atoms with Gasteiger partial charge < -0.3 is 20.1 Å². The molecule has 0 unspecified atom stereocenters. The first-order valence-corrected chi connectivity index (χ1v) is 11.4. The molecule has 3 aromatic rings. The van der Waals surface area contributed by atoms with Crippen LogP contribution in [0.1, 0.15) is 36.8 Å². The average molecular weight is 463 g/mol. The maximum Gasteiger partial charge on any atom is 0.220 e. The number of hydrogen-bond donors (Lipinski definition) is 2. The molecule has 178 valence electrons. The highest BCUT2D eigenvalue weighted by Gasteiger charge is 2.37. The van der Waals surface area contributed by atoms with Crippen molar-refractivity contribution in [3.8, 4) is 17.2 Å². The number of benzene rings is 2. The molecular weight excluding hydrogens is 432 g/mol. The number of nitrogens with zero attached hydrogens (tertiary/aromatic N) is 2. The van der Waals surface area contributed by atoms with E-state index in [-0.39, 0.29) is 11.8 Å². The summed E-state index contributed by atoms with van der Waals surface area (Å²) < 4.78 is 12.2. The van der Waals surface area contributed by atoms with E-state index in [1.165, 1.54) is 0 Å². The van der Waals surface area contributed by atoms with Crippen LogP contribution in [-0.4, -0.2) is 41.4 Å². The summed E-state index contributed by atoms with van der Waals surface area (Å²) >= 11 is 0. The van der Waals surface area contributed by atoms with Crippen molar-refractivity contribution in [3.05, 3.63) is 72.1 Å². The van der Waals surface area contributed by atoms with Crippen LogP contribution in [0.15, 0.2) is 60.9 Å². The summed E-state index contributed by atoms with van der Waals surface area (Å²) in [6.07, 6.45) is 6.43. The minimum atomic E-state index is -0.403. The molecule has 8 nitrogen and oxygen atoms in total. The van der Waals surface area contributed by atoms with Crippen LogP contribution in [0.4, 0.5) is 0 Å². The molecule has 34 heavy (non-hydrogen) atoms. The summed E-state index contributed by atoms with van der Waals surface area (Å²) in [7, 11) is 3.26. The SMILES string of the molecule is COc1ccc(C[C@]2(CCC(=O)NCc3cnn(-c4cccc(OC)c4)c3)CCC(=O)N2)cc1. The molecule has 1 saturated heterocycles. The Morgan fingerprint density at radius 2 is 1.91 bits per heavy atom. The summed E-state index contributed by atoms with van der Waals surface area (Å²) in [6, 6.07) is 15.5. The van der Waals surface area contributed by atoms with E-state index in [2.05, 4.69) is 15.7 Å². The highest BCUT2D eigenvalue weighted by molar-refractivity contribution is 5.80. The number of ether oxygens (including phenoxy) is 2. The molecule has 1 aromatic heterocycles. The third-order valence-corrected chi connectivity index (χ3v) is 6.21. The van der Waals surface area contributed by atoms with Crippen molar-refractivity contribution in [2.24, 2.45) is 0 Å². The van der Waals surface area contributed by atoms with Gasteiger partial charge in [-0.1, -0.05) is 18.2 Å². The highest BCUT2D eigenvalue weighted by Crippen LogP contribution is 2.30. The lowest BCUT2D eigenvalue weighted by molar-refractivity contribution is -0.122. The fraction of sp³-hybridized carbons (Fsp3) is 0.346.